The van der Waals surface area contributed by atoms with Crippen molar-refractivity contribution < 1.29 is 22.4 Å². The van der Waals surface area contributed by atoms with E-state index >= 15 is 0 Å². The Balaban J connectivity index is 1.61. The Morgan fingerprint density at radius 1 is 1.16 bits per heavy atom. The van der Waals surface area contributed by atoms with E-state index in [1.165, 1.54) is 0 Å². The molecule has 1 aliphatic rings. The standard InChI is InChI=1S/C23H22ClNO5S/c1-29-20-7-5-16(6-8-20)23(26)25(19-11-12-31(27,28)15-19)14-21-9-10-22(30-21)17-3-2-4-18(24)13-17/h2-10,13,19H,11-12,14-15H2,1H3. The summed E-state index contributed by atoms with van der Waals surface area (Å²) in [5.41, 5.74) is 1.29. The van der Waals surface area contributed by atoms with Gasteiger partial charge in [0.15, 0.2) is 9.84 Å². The molecule has 1 fully saturated rings. The number of methoxy groups -OCH3 is 1. The van der Waals surface area contributed by atoms with E-state index in [-0.39, 0.29) is 24.0 Å². The summed E-state index contributed by atoms with van der Waals surface area (Å²) in [6.45, 7) is 0.172. The molecule has 162 valence electrons. The summed E-state index contributed by atoms with van der Waals surface area (Å²) in [5.74, 6) is 1.64. The molecule has 6 nitrogen and oxygen atoms in total. The van der Waals surface area contributed by atoms with Crippen molar-refractivity contribution >= 4 is 27.3 Å². The van der Waals surface area contributed by atoms with Crippen LogP contribution in [0.5, 0.6) is 5.75 Å². The monoisotopic (exact) mass is 459 g/mol. The molecule has 1 amide bonds. The van der Waals surface area contributed by atoms with E-state index in [0.29, 0.717) is 34.3 Å². The molecule has 0 bridgehead atoms. The molecule has 8 heteroatoms. The summed E-state index contributed by atoms with van der Waals surface area (Å²) in [7, 11) is -1.60. The third-order valence-electron chi connectivity index (χ3n) is 5.34. The maximum absolute atomic E-state index is 13.3. The number of amides is 1. The van der Waals surface area contributed by atoms with Crippen LogP contribution in [0.2, 0.25) is 5.02 Å². The summed E-state index contributed by atoms with van der Waals surface area (Å²) >= 11 is 6.07. The van der Waals surface area contributed by atoms with Gasteiger partial charge in [-0.25, -0.2) is 8.42 Å². The minimum absolute atomic E-state index is 0.0449. The van der Waals surface area contributed by atoms with Gasteiger partial charge in [0.2, 0.25) is 0 Å². The highest BCUT2D eigenvalue weighted by molar-refractivity contribution is 7.91. The van der Waals surface area contributed by atoms with Crippen LogP contribution in [0.15, 0.2) is 65.1 Å². The van der Waals surface area contributed by atoms with Crippen molar-refractivity contribution in [1.82, 2.24) is 4.90 Å². The SMILES string of the molecule is COc1ccc(C(=O)N(Cc2ccc(-c3cccc(Cl)c3)o2)C2CCS(=O)(=O)C2)cc1. The maximum atomic E-state index is 13.3. The number of carbonyl (C=O) groups is 1. The zero-order valence-electron chi connectivity index (χ0n) is 17.0. The molecule has 2 heterocycles. The largest absolute Gasteiger partial charge is 0.497 e. The summed E-state index contributed by atoms with van der Waals surface area (Å²) in [6, 6.07) is 17.3. The fourth-order valence-corrected chi connectivity index (χ4v) is 5.64. The summed E-state index contributed by atoms with van der Waals surface area (Å²) < 4.78 is 35.3. The lowest BCUT2D eigenvalue weighted by molar-refractivity contribution is 0.0666. The molecule has 0 aliphatic carbocycles. The molecule has 0 saturated carbocycles. The van der Waals surface area contributed by atoms with Gasteiger partial charge >= 0.3 is 0 Å². The van der Waals surface area contributed by atoms with Crippen molar-refractivity contribution in [1.29, 1.82) is 0 Å². The van der Waals surface area contributed by atoms with Crippen LogP contribution in [-0.2, 0) is 16.4 Å². The van der Waals surface area contributed by atoms with Crippen LogP contribution in [0.25, 0.3) is 11.3 Å². The topological polar surface area (TPSA) is 76.8 Å². The zero-order chi connectivity index (χ0) is 22.0. The fourth-order valence-electron chi connectivity index (χ4n) is 3.72. The van der Waals surface area contributed by atoms with Crippen molar-refractivity contribution in [3.63, 3.8) is 0 Å². The summed E-state index contributed by atoms with van der Waals surface area (Å²) in [6.07, 6.45) is 0.409. The Labute approximate surface area is 186 Å². The molecule has 1 aromatic heterocycles. The van der Waals surface area contributed by atoms with Gasteiger partial charge in [0, 0.05) is 22.2 Å². The first kappa shape index (κ1) is 21.5. The second-order valence-electron chi connectivity index (χ2n) is 7.49. The number of rotatable bonds is 6. The van der Waals surface area contributed by atoms with Crippen LogP contribution in [0.3, 0.4) is 0 Å². The normalized spacial score (nSPS) is 17.4. The summed E-state index contributed by atoms with van der Waals surface area (Å²) in [5, 5.41) is 0.600. The minimum atomic E-state index is -3.16. The number of sulfone groups is 1. The van der Waals surface area contributed by atoms with E-state index in [4.69, 9.17) is 20.8 Å². The molecule has 0 spiro atoms. The van der Waals surface area contributed by atoms with Crippen molar-refractivity contribution in [2.75, 3.05) is 18.6 Å². The first-order chi connectivity index (χ1) is 14.8. The van der Waals surface area contributed by atoms with Gasteiger partial charge in [-0.3, -0.25) is 4.79 Å². The molecule has 4 rings (SSSR count). The van der Waals surface area contributed by atoms with Crippen LogP contribution >= 0.6 is 11.6 Å². The lowest BCUT2D eigenvalue weighted by Crippen LogP contribution is -2.40. The van der Waals surface area contributed by atoms with Crippen LogP contribution in [0.4, 0.5) is 0 Å². The smallest absolute Gasteiger partial charge is 0.254 e. The molecule has 1 saturated heterocycles. The lowest BCUT2D eigenvalue weighted by Gasteiger charge is -2.27. The first-order valence-corrected chi connectivity index (χ1v) is 12.0. The van der Waals surface area contributed by atoms with Gasteiger partial charge in [0.1, 0.15) is 17.3 Å². The van der Waals surface area contributed by atoms with Gasteiger partial charge in [-0.05, 0) is 55.0 Å². The van der Waals surface area contributed by atoms with E-state index in [9.17, 15) is 13.2 Å². The maximum Gasteiger partial charge on any atom is 0.254 e. The second kappa shape index (κ2) is 8.77. The average molecular weight is 460 g/mol. The molecule has 1 atom stereocenters. The van der Waals surface area contributed by atoms with Gasteiger partial charge in [-0.15, -0.1) is 0 Å². The molecule has 1 unspecified atom stereocenters. The molecular formula is C23H22ClNO5S. The number of carbonyl (C=O) groups excluding carboxylic acids is 1. The van der Waals surface area contributed by atoms with Crippen molar-refractivity contribution in [3.8, 4) is 17.1 Å². The van der Waals surface area contributed by atoms with Crippen molar-refractivity contribution in [2.45, 2.75) is 19.0 Å². The number of hydrogen-bond acceptors (Lipinski definition) is 5. The Kier molecular flexibility index (Phi) is 6.07. The summed E-state index contributed by atoms with van der Waals surface area (Å²) in [4.78, 5) is 14.9. The zero-order valence-corrected chi connectivity index (χ0v) is 18.5. The van der Waals surface area contributed by atoms with Crippen LogP contribution in [0.1, 0.15) is 22.5 Å². The number of furan rings is 1. The minimum Gasteiger partial charge on any atom is -0.497 e. The van der Waals surface area contributed by atoms with E-state index in [2.05, 4.69) is 0 Å². The molecule has 31 heavy (non-hydrogen) atoms. The van der Waals surface area contributed by atoms with Crippen molar-refractivity contribution in [3.05, 3.63) is 77.0 Å². The molecule has 0 radical (unpaired) electrons. The number of nitrogens with zero attached hydrogens (tertiary/aromatic N) is 1. The van der Waals surface area contributed by atoms with Gasteiger partial charge in [-0.2, -0.15) is 0 Å². The van der Waals surface area contributed by atoms with Gasteiger partial charge in [0.05, 0.1) is 25.2 Å². The Hall–Kier alpha value is -2.77. The van der Waals surface area contributed by atoms with E-state index in [1.807, 2.05) is 18.2 Å². The predicted octanol–water partition coefficient (Wildman–Crippen LogP) is 4.44. The number of ether oxygens (including phenoxy) is 1. The molecular weight excluding hydrogens is 438 g/mol. The number of hydrogen-bond donors (Lipinski definition) is 0. The van der Waals surface area contributed by atoms with Gasteiger partial charge < -0.3 is 14.1 Å². The number of benzene rings is 2. The quantitative estimate of drug-likeness (QED) is 0.544. The van der Waals surface area contributed by atoms with Gasteiger partial charge in [-0.1, -0.05) is 23.7 Å². The highest BCUT2D eigenvalue weighted by Crippen LogP contribution is 2.28. The molecule has 0 N–H and O–H groups in total. The third-order valence-corrected chi connectivity index (χ3v) is 7.33. The predicted molar refractivity (Wildman–Crippen MR) is 119 cm³/mol. The highest BCUT2D eigenvalue weighted by Gasteiger charge is 2.35. The van der Waals surface area contributed by atoms with Gasteiger partial charge in [0.25, 0.3) is 5.91 Å². The van der Waals surface area contributed by atoms with Crippen molar-refractivity contribution in [2.24, 2.45) is 0 Å². The molecule has 1 aliphatic heterocycles. The van der Waals surface area contributed by atoms with E-state index < -0.39 is 15.9 Å². The van der Waals surface area contributed by atoms with Crippen LogP contribution in [0, 0.1) is 0 Å². The third kappa shape index (κ3) is 4.94. The Morgan fingerprint density at radius 2 is 1.94 bits per heavy atom. The number of halogens is 1. The second-order valence-corrected chi connectivity index (χ2v) is 10.2. The molecule has 2 aromatic carbocycles. The fraction of sp³-hybridized carbons (Fsp3) is 0.261. The van der Waals surface area contributed by atoms with Crippen LogP contribution in [-0.4, -0.2) is 43.9 Å². The lowest BCUT2D eigenvalue weighted by atomic mass is 10.1. The Morgan fingerprint density at radius 3 is 2.58 bits per heavy atom. The van der Waals surface area contributed by atoms with E-state index in [1.54, 1.807) is 54.5 Å². The highest BCUT2D eigenvalue weighted by atomic mass is 35.5. The van der Waals surface area contributed by atoms with Crippen LogP contribution < -0.4 is 4.74 Å². The van der Waals surface area contributed by atoms with E-state index in [0.717, 1.165) is 5.56 Å². The average Bonchev–Trinajstić information content (AvgIpc) is 3.37. The Bertz CT molecular complexity index is 1190. The molecule has 3 aromatic rings. The first-order valence-electron chi connectivity index (χ1n) is 9.85.